The average Bonchev–Trinajstić information content (AvgIpc) is 3.34. The minimum atomic E-state index is -2.88. The van der Waals surface area contributed by atoms with Crippen LogP contribution in [0.2, 0.25) is 0 Å². The molecule has 0 fully saturated rings. The normalized spacial score (nSPS) is 11.1. The van der Waals surface area contributed by atoms with E-state index in [0.29, 0.717) is 11.3 Å². The van der Waals surface area contributed by atoms with Crippen LogP contribution < -0.4 is 10.1 Å². The van der Waals surface area contributed by atoms with Crippen molar-refractivity contribution in [2.75, 3.05) is 5.32 Å². The Bertz CT molecular complexity index is 1670. The molecule has 38 heavy (non-hydrogen) atoms. The lowest BCUT2D eigenvalue weighted by atomic mass is 10.1. The number of non-ortho nitro benzene ring substituents is 1. The third kappa shape index (κ3) is 4.89. The number of nitro benzene ring substituents is 1. The maximum absolute atomic E-state index is 13.9. The Morgan fingerprint density at radius 1 is 1.05 bits per heavy atom. The molecular weight excluding hydrogens is 496 g/mol. The van der Waals surface area contributed by atoms with Gasteiger partial charge >= 0.3 is 0 Å². The number of hydrogen-bond donors (Lipinski definition) is 1. The molecule has 0 aliphatic carbocycles. The van der Waals surface area contributed by atoms with Gasteiger partial charge in [0, 0.05) is 17.7 Å². The largest absolute Gasteiger partial charge is 0.457 e. The fourth-order valence-corrected chi connectivity index (χ4v) is 3.87. The van der Waals surface area contributed by atoms with Gasteiger partial charge < -0.3 is 10.1 Å². The minimum Gasteiger partial charge on any atom is -0.457 e. The van der Waals surface area contributed by atoms with Gasteiger partial charge in [0.15, 0.2) is 5.65 Å². The highest BCUT2D eigenvalue weighted by Crippen LogP contribution is 2.32. The molecule has 0 saturated heterocycles. The third-order valence-corrected chi connectivity index (χ3v) is 5.72. The van der Waals surface area contributed by atoms with E-state index < -0.39 is 22.9 Å². The molecule has 9 nitrogen and oxygen atoms in total. The predicted molar refractivity (Wildman–Crippen MR) is 136 cm³/mol. The first-order valence-electron chi connectivity index (χ1n) is 11.4. The van der Waals surface area contributed by atoms with Crippen molar-refractivity contribution in [3.05, 3.63) is 112 Å². The number of carbonyl (C=O) groups excluding carboxylic acids is 1. The Kier molecular flexibility index (Phi) is 6.48. The monoisotopic (exact) mass is 515 g/mol. The summed E-state index contributed by atoms with van der Waals surface area (Å²) in [6, 6.07) is 20.9. The van der Waals surface area contributed by atoms with Crippen LogP contribution >= 0.6 is 0 Å². The first-order valence-corrected chi connectivity index (χ1v) is 11.4. The zero-order valence-corrected chi connectivity index (χ0v) is 19.8. The van der Waals surface area contributed by atoms with Gasteiger partial charge in [0.2, 0.25) is 0 Å². The van der Waals surface area contributed by atoms with Crippen LogP contribution in [0.4, 0.5) is 20.2 Å². The molecule has 5 aromatic rings. The first kappa shape index (κ1) is 24.5. The van der Waals surface area contributed by atoms with E-state index in [-0.39, 0.29) is 34.0 Å². The highest BCUT2D eigenvalue weighted by atomic mass is 19.3. The van der Waals surface area contributed by atoms with Crippen LogP contribution in [-0.4, -0.2) is 25.4 Å². The maximum atomic E-state index is 13.9. The molecule has 0 aliphatic heterocycles. The van der Waals surface area contributed by atoms with Crippen LogP contribution in [0.1, 0.15) is 28.0 Å². The number of aryl methyl sites for hydroxylation is 1. The van der Waals surface area contributed by atoms with Crippen molar-refractivity contribution < 1.29 is 23.2 Å². The van der Waals surface area contributed by atoms with Crippen molar-refractivity contribution in [1.29, 1.82) is 0 Å². The van der Waals surface area contributed by atoms with Crippen molar-refractivity contribution in [3.63, 3.8) is 0 Å². The van der Waals surface area contributed by atoms with Crippen LogP contribution in [0.15, 0.2) is 85.1 Å². The Balaban J connectivity index is 1.52. The topological polar surface area (TPSA) is 112 Å². The van der Waals surface area contributed by atoms with Gasteiger partial charge in [-0.05, 0) is 24.6 Å². The summed E-state index contributed by atoms with van der Waals surface area (Å²) in [5.41, 5.74) is 0.797. The number of nitro groups is 1. The van der Waals surface area contributed by atoms with Crippen molar-refractivity contribution in [2.45, 2.75) is 13.3 Å². The Labute approximate surface area is 214 Å². The fraction of sp³-hybridized carbons (Fsp3) is 0.0741. The molecule has 3 aromatic carbocycles. The average molecular weight is 515 g/mol. The maximum Gasteiger partial charge on any atom is 0.280 e. The van der Waals surface area contributed by atoms with Gasteiger partial charge in [0.25, 0.3) is 18.0 Å². The number of nitrogens with zero attached hydrogens (tertiary/aromatic N) is 4. The van der Waals surface area contributed by atoms with E-state index in [2.05, 4.69) is 15.4 Å². The Morgan fingerprint density at radius 2 is 1.79 bits per heavy atom. The Morgan fingerprint density at radius 3 is 2.50 bits per heavy atom. The molecule has 5 rings (SSSR count). The van der Waals surface area contributed by atoms with Crippen LogP contribution in [-0.2, 0) is 0 Å². The third-order valence-electron chi connectivity index (χ3n) is 5.72. The molecule has 0 radical (unpaired) electrons. The first-order chi connectivity index (χ1) is 18.3. The molecular formula is C27H19F2N5O4. The number of benzene rings is 3. The van der Waals surface area contributed by atoms with E-state index in [1.165, 1.54) is 24.3 Å². The van der Waals surface area contributed by atoms with Crippen molar-refractivity contribution in [1.82, 2.24) is 14.6 Å². The van der Waals surface area contributed by atoms with Crippen LogP contribution in [0, 0.1) is 17.0 Å². The number of alkyl halides is 2. The van der Waals surface area contributed by atoms with E-state index in [0.717, 1.165) is 16.3 Å². The number of amides is 1. The van der Waals surface area contributed by atoms with Crippen molar-refractivity contribution in [2.24, 2.45) is 0 Å². The zero-order valence-electron chi connectivity index (χ0n) is 19.8. The number of hydrogen-bond acceptors (Lipinski definition) is 6. The summed E-state index contributed by atoms with van der Waals surface area (Å²) in [7, 11) is 0. The summed E-state index contributed by atoms with van der Waals surface area (Å²) in [6.07, 6.45) is -1.75. The summed E-state index contributed by atoms with van der Waals surface area (Å²) < 4.78 is 34.4. The molecule has 0 saturated carbocycles. The van der Waals surface area contributed by atoms with Crippen molar-refractivity contribution >= 4 is 22.9 Å². The van der Waals surface area contributed by atoms with E-state index >= 15 is 0 Å². The Hall–Kier alpha value is -5.19. The summed E-state index contributed by atoms with van der Waals surface area (Å²) in [6.45, 7) is 1.82. The number of fused-ring (bicyclic) bond motifs is 1. The van der Waals surface area contributed by atoms with Gasteiger partial charge in [0.1, 0.15) is 22.8 Å². The molecule has 0 atom stereocenters. The fourth-order valence-electron chi connectivity index (χ4n) is 3.87. The quantitative estimate of drug-likeness (QED) is 0.193. The van der Waals surface area contributed by atoms with Gasteiger partial charge in [-0.3, -0.25) is 14.9 Å². The number of para-hydroxylation sites is 1. The van der Waals surface area contributed by atoms with Gasteiger partial charge in [-0.1, -0.05) is 48.5 Å². The van der Waals surface area contributed by atoms with E-state index in [9.17, 15) is 23.7 Å². The van der Waals surface area contributed by atoms with Crippen molar-refractivity contribution in [3.8, 4) is 22.8 Å². The second kappa shape index (κ2) is 10.1. The zero-order chi connectivity index (χ0) is 26.8. The van der Waals surface area contributed by atoms with Crippen LogP contribution in [0.25, 0.3) is 16.9 Å². The lowest BCUT2D eigenvalue weighted by Crippen LogP contribution is -2.13. The number of nitrogens with one attached hydrogen (secondary N) is 1. The molecule has 2 aromatic heterocycles. The SMILES string of the molecule is Cc1ccccc1Oc1cc(NC(=O)c2cnn3c(C(F)F)cc(-c4ccccc4)nc23)cc([N+](=O)[O-])c1. The number of rotatable bonds is 7. The molecule has 0 unspecified atom stereocenters. The highest BCUT2D eigenvalue weighted by Gasteiger charge is 2.22. The second-order valence-electron chi connectivity index (χ2n) is 8.32. The van der Waals surface area contributed by atoms with Gasteiger partial charge in [-0.15, -0.1) is 0 Å². The van der Waals surface area contributed by atoms with Gasteiger partial charge in [-0.2, -0.15) is 5.10 Å². The lowest BCUT2D eigenvalue weighted by molar-refractivity contribution is -0.384. The minimum absolute atomic E-state index is 0.0698. The summed E-state index contributed by atoms with van der Waals surface area (Å²) in [5, 5.41) is 18.1. The molecule has 1 N–H and O–H groups in total. The standard InChI is InChI=1S/C27H19F2N5O4/c1-16-7-5-6-10-24(16)38-20-12-18(11-19(13-20)34(36)37)31-27(35)21-15-30-33-23(25(28)29)14-22(32-26(21)33)17-8-3-2-4-9-17/h2-15,25H,1H3,(H,31,35). The molecule has 0 bridgehead atoms. The number of aromatic nitrogens is 3. The van der Waals surface area contributed by atoms with Gasteiger partial charge in [-0.25, -0.2) is 18.3 Å². The molecule has 0 aliphatic rings. The summed E-state index contributed by atoms with van der Waals surface area (Å²) in [5.74, 6) is -0.113. The number of ether oxygens (including phenoxy) is 1. The predicted octanol–water partition coefficient (Wildman–Crippen LogP) is 6.60. The van der Waals surface area contributed by atoms with E-state index in [1.807, 2.05) is 19.1 Å². The summed E-state index contributed by atoms with van der Waals surface area (Å²) in [4.78, 5) is 28.6. The highest BCUT2D eigenvalue weighted by molar-refractivity contribution is 6.08. The summed E-state index contributed by atoms with van der Waals surface area (Å²) >= 11 is 0. The number of carbonyl (C=O) groups is 1. The smallest absolute Gasteiger partial charge is 0.280 e. The van der Waals surface area contributed by atoms with Crippen LogP contribution in [0.3, 0.4) is 0 Å². The molecule has 0 spiro atoms. The van der Waals surface area contributed by atoms with E-state index in [1.54, 1.807) is 42.5 Å². The second-order valence-corrected chi connectivity index (χ2v) is 8.32. The number of anilines is 1. The molecule has 190 valence electrons. The molecule has 11 heteroatoms. The molecule has 2 heterocycles. The van der Waals surface area contributed by atoms with E-state index in [4.69, 9.17) is 4.74 Å². The lowest BCUT2D eigenvalue weighted by Gasteiger charge is -2.11. The van der Waals surface area contributed by atoms with Crippen LogP contribution in [0.5, 0.6) is 11.5 Å². The number of halogens is 2. The van der Waals surface area contributed by atoms with Gasteiger partial charge in [0.05, 0.1) is 28.6 Å². The molecule has 1 amide bonds.